The van der Waals surface area contributed by atoms with Gasteiger partial charge in [-0.25, -0.2) is 0 Å². The summed E-state index contributed by atoms with van der Waals surface area (Å²) in [5.41, 5.74) is 2.30. The lowest BCUT2D eigenvalue weighted by atomic mass is 10.1. The van der Waals surface area contributed by atoms with Crippen molar-refractivity contribution in [3.8, 4) is 6.07 Å². The number of carbonyl (C=O) groups excluding carboxylic acids is 1. The number of thiol groups is 1. The molecule has 1 saturated heterocycles. The summed E-state index contributed by atoms with van der Waals surface area (Å²) in [6.07, 6.45) is 0.446. The quantitative estimate of drug-likeness (QED) is 0.752. The highest BCUT2D eigenvalue weighted by Crippen LogP contribution is 2.27. The van der Waals surface area contributed by atoms with Gasteiger partial charge in [-0.05, 0) is 24.6 Å². The van der Waals surface area contributed by atoms with E-state index < -0.39 is 0 Å². The Morgan fingerprint density at radius 3 is 2.88 bits per heavy atom. The second kappa shape index (κ2) is 4.18. The molecule has 4 heteroatoms. The Hall–Kier alpha value is -1.47. The summed E-state index contributed by atoms with van der Waals surface area (Å²) in [6, 6.07) is 7.62. The minimum Gasteiger partial charge on any atom is -0.310 e. The first-order valence-corrected chi connectivity index (χ1v) is 5.62. The van der Waals surface area contributed by atoms with Crippen molar-refractivity contribution < 1.29 is 4.79 Å². The molecule has 1 aliphatic heterocycles. The summed E-state index contributed by atoms with van der Waals surface area (Å²) in [6.45, 7) is 2.53. The van der Waals surface area contributed by atoms with E-state index in [4.69, 9.17) is 5.26 Å². The SMILES string of the molecule is Cc1ccc(C#N)c(N2CC(S)CC2=O)c1. The van der Waals surface area contributed by atoms with Gasteiger partial charge in [0, 0.05) is 18.2 Å². The minimum atomic E-state index is 0.0436. The van der Waals surface area contributed by atoms with E-state index in [-0.39, 0.29) is 11.2 Å². The molecule has 16 heavy (non-hydrogen) atoms. The second-order valence-corrected chi connectivity index (χ2v) is 4.72. The number of rotatable bonds is 1. The van der Waals surface area contributed by atoms with Gasteiger partial charge in [0.25, 0.3) is 0 Å². The molecular weight excluding hydrogens is 220 g/mol. The maximum Gasteiger partial charge on any atom is 0.228 e. The molecule has 0 spiro atoms. The average molecular weight is 232 g/mol. The highest BCUT2D eigenvalue weighted by molar-refractivity contribution is 7.81. The van der Waals surface area contributed by atoms with Crippen molar-refractivity contribution >= 4 is 24.2 Å². The lowest BCUT2D eigenvalue weighted by molar-refractivity contribution is -0.117. The molecule has 1 fully saturated rings. The van der Waals surface area contributed by atoms with Crippen LogP contribution < -0.4 is 4.90 Å². The van der Waals surface area contributed by atoms with Crippen molar-refractivity contribution in [2.75, 3.05) is 11.4 Å². The minimum absolute atomic E-state index is 0.0436. The number of aryl methyl sites for hydroxylation is 1. The van der Waals surface area contributed by atoms with E-state index in [0.29, 0.717) is 24.2 Å². The van der Waals surface area contributed by atoms with E-state index in [0.717, 1.165) is 5.56 Å². The van der Waals surface area contributed by atoms with Crippen LogP contribution in [-0.2, 0) is 4.79 Å². The van der Waals surface area contributed by atoms with Crippen molar-refractivity contribution in [3.63, 3.8) is 0 Å². The number of benzene rings is 1. The van der Waals surface area contributed by atoms with Crippen molar-refractivity contribution in [1.29, 1.82) is 5.26 Å². The van der Waals surface area contributed by atoms with Crippen molar-refractivity contribution in [1.82, 2.24) is 0 Å². The molecule has 82 valence electrons. The molecule has 0 aromatic heterocycles. The normalized spacial score (nSPS) is 19.9. The van der Waals surface area contributed by atoms with Crippen molar-refractivity contribution in [2.45, 2.75) is 18.6 Å². The van der Waals surface area contributed by atoms with E-state index in [1.165, 1.54) is 0 Å². The van der Waals surface area contributed by atoms with Crippen LogP contribution in [-0.4, -0.2) is 17.7 Å². The number of anilines is 1. The summed E-state index contributed by atoms with van der Waals surface area (Å²) >= 11 is 4.31. The van der Waals surface area contributed by atoms with Gasteiger partial charge < -0.3 is 4.90 Å². The fraction of sp³-hybridized carbons (Fsp3) is 0.333. The fourth-order valence-corrected chi connectivity index (χ4v) is 2.20. The summed E-state index contributed by atoms with van der Waals surface area (Å²) in [7, 11) is 0. The van der Waals surface area contributed by atoms with Gasteiger partial charge in [0.2, 0.25) is 5.91 Å². The summed E-state index contributed by atoms with van der Waals surface area (Å²) in [4.78, 5) is 13.4. The third-order valence-corrected chi connectivity index (χ3v) is 3.01. The molecular formula is C12H12N2OS. The molecule has 1 aromatic carbocycles. The maximum absolute atomic E-state index is 11.7. The van der Waals surface area contributed by atoms with E-state index in [2.05, 4.69) is 18.7 Å². The Labute approximate surface area is 100 Å². The van der Waals surface area contributed by atoms with Crippen molar-refractivity contribution in [2.24, 2.45) is 0 Å². The number of amides is 1. The van der Waals surface area contributed by atoms with Crippen LogP contribution in [0.1, 0.15) is 17.5 Å². The van der Waals surface area contributed by atoms with Crippen molar-refractivity contribution in [3.05, 3.63) is 29.3 Å². The van der Waals surface area contributed by atoms with Crippen LogP contribution in [0, 0.1) is 18.3 Å². The van der Waals surface area contributed by atoms with Crippen LogP contribution in [0.25, 0.3) is 0 Å². The van der Waals surface area contributed by atoms with Gasteiger partial charge in [-0.3, -0.25) is 4.79 Å². The Kier molecular flexibility index (Phi) is 2.88. The average Bonchev–Trinajstić information content (AvgIpc) is 2.57. The number of hydrogen-bond donors (Lipinski definition) is 1. The summed E-state index contributed by atoms with van der Waals surface area (Å²) in [5, 5.41) is 9.08. The molecule has 0 N–H and O–H groups in total. The molecule has 1 aliphatic rings. The van der Waals surface area contributed by atoms with Gasteiger partial charge in [-0.1, -0.05) is 6.07 Å². The number of nitrogens with zero attached hydrogens (tertiary/aromatic N) is 2. The zero-order valence-electron chi connectivity index (χ0n) is 8.97. The molecule has 2 rings (SSSR count). The van der Waals surface area contributed by atoms with E-state index in [9.17, 15) is 4.79 Å². The Morgan fingerprint density at radius 1 is 1.56 bits per heavy atom. The fourth-order valence-electron chi connectivity index (χ4n) is 1.88. The molecule has 0 aliphatic carbocycles. The number of carbonyl (C=O) groups is 1. The monoisotopic (exact) mass is 232 g/mol. The van der Waals surface area contributed by atoms with Gasteiger partial charge >= 0.3 is 0 Å². The van der Waals surface area contributed by atoms with E-state index in [1.54, 1.807) is 11.0 Å². The second-order valence-electron chi connectivity index (χ2n) is 3.99. The van der Waals surface area contributed by atoms with Crippen LogP contribution in [0.5, 0.6) is 0 Å². The Balaban J connectivity index is 2.44. The molecule has 1 unspecified atom stereocenters. The lowest BCUT2D eigenvalue weighted by Gasteiger charge is -2.17. The topological polar surface area (TPSA) is 44.1 Å². The molecule has 1 heterocycles. The molecule has 1 amide bonds. The lowest BCUT2D eigenvalue weighted by Crippen LogP contribution is -2.25. The largest absolute Gasteiger partial charge is 0.310 e. The molecule has 0 bridgehead atoms. The first-order valence-electron chi connectivity index (χ1n) is 5.11. The third kappa shape index (κ3) is 1.91. The van der Waals surface area contributed by atoms with E-state index >= 15 is 0 Å². The first kappa shape index (κ1) is 11.0. The van der Waals surface area contributed by atoms with Gasteiger partial charge in [-0.2, -0.15) is 17.9 Å². The third-order valence-electron chi connectivity index (χ3n) is 2.67. The predicted molar refractivity (Wildman–Crippen MR) is 65.6 cm³/mol. The molecule has 0 saturated carbocycles. The smallest absolute Gasteiger partial charge is 0.228 e. The molecule has 1 aromatic rings. The standard InChI is InChI=1S/C12H12N2OS/c1-8-2-3-9(6-13)11(4-8)14-7-10(16)5-12(14)15/h2-4,10,16H,5,7H2,1H3. The van der Waals surface area contributed by atoms with Crippen LogP contribution in [0.15, 0.2) is 18.2 Å². The highest BCUT2D eigenvalue weighted by Gasteiger charge is 2.29. The van der Waals surface area contributed by atoms with Crippen LogP contribution in [0.3, 0.4) is 0 Å². The predicted octanol–water partition coefficient (Wildman–Crippen LogP) is 1.90. The number of hydrogen-bond acceptors (Lipinski definition) is 3. The van der Waals surface area contributed by atoms with Gasteiger partial charge in [-0.15, -0.1) is 0 Å². The zero-order valence-corrected chi connectivity index (χ0v) is 9.87. The Morgan fingerprint density at radius 2 is 2.31 bits per heavy atom. The summed E-state index contributed by atoms with van der Waals surface area (Å²) in [5.74, 6) is 0.0436. The van der Waals surface area contributed by atoms with Crippen LogP contribution in [0.2, 0.25) is 0 Å². The van der Waals surface area contributed by atoms with Gasteiger partial charge in [0.05, 0.1) is 11.3 Å². The van der Waals surface area contributed by atoms with E-state index in [1.807, 2.05) is 19.1 Å². The Bertz CT molecular complexity index is 478. The number of nitriles is 1. The van der Waals surface area contributed by atoms with Crippen LogP contribution >= 0.6 is 12.6 Å². The molecule has 1 atom stereocenters. The van der Waals surface area contributed by atoms with Gasteiger partial charge in [0.15, 0.2) is 0 Å². The zero-order chi connectivity index (χ0) is 11.7. The highest BCUT2D eigenvalue weighted by atomic mass is 32.1. The summed E-state index contributed by atoms with van der Waals surface area (Å²) < 4.78 is 0. The first-order chi connectivity index (χ1) is 7.61. The molecule has 3 nitrogen and oxygen atoms in total. The maximum atomic E-state index is 11.7. The van der Waals surface area contributed by atoms with Crippen LogP contribution in [0.4, 0.5) is 5.69 Å². The molecule has 0 radical (unpaired) electrons. The van der Waals surface area contributed by atoms with Gasteiger partial charge in [0.1, 0.15) is 6.07 Å².